The Bertz CT molecular complexity index is 594. The van der Waals surface area contributed by atoms with Crippen LogP contribution < -0.4 is 15.6 Å². The summed E-state index contributed by atoms with van der Waals surface area (Å²) in [4.78, 5) is 11.2. The molecule has 0 unspecified atom stereocenters. The summed E-state index contributed by atoms with van der Waals surface area (Å²) in [5.74, 6) is 0.550. The number of benzene rings is 1. The van der Waals surface area contributed by atoms with Gasteiger partial charge in [-0.05, 0) is 32.0 Å². The highest BCUT2D eigenvalue weighted by molar-refractivity contribution is 5.66. The maximum absolute atomic E-state index is 11.2. The van der Waals surface area contributed by atoms with Crippen LogP contribution in [0.1, 0.15) is 31.0 Å². The van der Waals surface area contributed by atoms with E-state index in [2.05, 4.69) is 15.6 Å². The van der Waals surface area contributed by atoms with E-state index < -0.39 is 23.8 Å². The summed E-state index contributed by atoms with van der Waals surface area (Å²) in [7, 11) is 1.24. The van der Waals surface area contributed by atoms with E-state index in [1.165, 1.54) is 7.11 Å². The van der Waals surface area contributed by atoms with Gasteiger partial charge in [-0.25, -0.2) is 10.2 Å². The van der Waals surface area contributed by atoms with Crippen LogP contribution in [0.5, 0.6) is 5.75 Å². The number of hydrogen-bond acceptors (Lipinski definition) is 6. The Balaban J connectivity index is 2.37. The predicted molar refractivity (Wildman–Crippen MR) is 73.3 cm³/mol. The zero-order valence-corrected chi connectivity index (χ0v) is 12.0. The van der Waals surface area contributed by atoms with Gasteiger partial charge in [0, 0.05) is 5.56 Å². The SMILES string of the molecule is COC(=O)NN[C@H]1c2cc(C#N)ccc2OC(C)(C)[C@@H]1O. The summed E-state index contributed by atoms with van der Waals surface area (Å²) in [5.41, 5.74) is 5.24. The van der Waals surface area contributed by atoms with Crippen molar-refractivity contribution in [1.29, 1.82) is 5.26 Å². The summed E-state index contributed by atoms with van der Waals surface area (Å²) >= 11 is 0. The number of ether oxygens (including phenoxy) is 2. The number of nitrogens with zero attached hydrogens (tertiary/aromatic N) is 1. The Morgan fingerprint density at radius 1 is 1.52 bits per heavy atom. The molecule has 0 radical (unpaired) electrons. The second-order valence-corrected chi connectivity index (χ2v) is 5.25. The van der Waals surface area contributed by atoms with E-state index in [9.17, 15) is 9.90 Å². The molecule has 7 nitrogen and oxygen atoms in total. The third-order valence-corrected chi connectivity index (χ3v) is 3.39. The van der Waals surface area contributed by atoms with Crippen LogP contribution in [0.3, 0.4) is 0 Å². The standard InChI is InChI=1S/C14H17N3O4/c1-14(2)12(18)11(16-17-13(19)20-3)9-6-8(7-15)4-5-10(9)21-14/h4-6,11-12,16,18H,1-3H3,(H,17,19)/t11-,12+/m0/s1. The first kappa shape index (κ1) is 15.1. The average molecular weight is 291 g/mol. The molecular formula is C14H17N3O4. The van der Waals surface area contributed by atoms with Crippen molar-refractivity contribution in [2.24, 2.45) is 0 Å². The van der Waals surface area contributed by atoms with Gasteiger partial charge in [-0.15, -0.1) is 0 Å². The van der Waals surface area contributed by atoms with Gasteiger partial charge in [0.05, 0.1) is 24.8 Å². The molecule has 21 heavy (non-hydrogen) atoms. The zero-order chi connectivity index (χ0) is 15.6. The second kappa shape index (κ2) is 5.60. The first-order chi connectivity index (χ1) is 9.89. The average Bonchev–Trinajstić information content (AvgIpc) is 2.46. The number of nitriles is 1. The minimum absolute atomic E-state index is 0.439. The molecular weight excluding hydrogens is 274 g/mol. The van der Waals surface area contributed by atoms with Gasteiger partial charge in [-0.2, -0.15) is 5.26 Å². The molecule has 1 aromatic carbocycles. The smallest absolute Gasteiger partial charge is 0.421 e. The van der Waals surface area contributed by atoms with Gasteiger partial charge < -0.3 is 14.6 Å². The fourth-order valence-electron chi connectivity index (χ4n) is 2.21. The molecule has 0 fully saturated rings. The summed E-state index contributed by atoms with van der Waals surface area (Å²) in [6, 6.07) is 6.33. The minimum atomic E-state index is -0.934. The van der Waals surface area contributed by atoms with Gasteiger partial charge in [-0.1, -0.05) is 0 Å². The Morgan fingerprint density at radius 3 is 2.86 bits per heavy atom. The van der Waals surface area contributed by atoms with Crippen molar-refractivity contribution in [1.82, 2.24) is 10.9 Å². The van der Waals surface area contributed by atoms with Gasteiger partial charge in [0.15, 0.2) is 0 Å². The molecule has 0 bridgehead atoms. The van der Waals surface area contributed by atoms with Crippen LogP contribution in [0.2, 0.25) is 0 Å². The predicted octanol–water partition coefficient (Wildman–Crippen LogP) is 0.992. The number of aliphatic hydroxyl groups excluding tert-OH is 1. The normalized spacial score (nSPS) is 22.4. The lowest BCUT2D eigenvalue weighted by molar-refractivity contribution is -0.0667. The van der Waals surface area contributed by atoms with E-state index in [1.54, 1.807) is 32.0 Å². The number of hydrazine groups is 1. The molecule has 0 saturated heterocycles. The number of carbonyl (C=O) groups is 1. The molecule has 2 atom stereocenters. The molecule has 3 N–H and O–H groups in total. The Hall–Kier alpha value is -2.30. The molecule has 0 aliphatic carbocycles. The Labute approximate surface area is 122 Å². The van der Waals surface area contributed by atoms with Crippen molar-refractivity contribution in [2.45, 2.75) is 31.6 Å². The first-order valence-corrected chi connectivity index (χ1v) is 6.39. The molecule has 1 aromatic rings. The van der Waals surface area contributed by atoms with Gasteiger partial charge in [0.25, 0.3) is 0 Å². The maximum Gasteiger partial charge on any atom is 0.421 e. The number of nitrogens with one attached hydrogen (secondary N) is 2. The van der Waals surface area contributed by atoms with Crippen LogP contribution in [-0.2, 0) is 4.74 Å². The molecule has 1 amide bonds. The van der Waals surface area contributed by atoms with Crippen LogP contribution in [0.4, 0.5) is 4.79 Å². The van der Waals surface area contributed by atoms with Crippen LogP contribution in [0, 0.1) is 11.3 Å². The van der Waals surface area contributed by atoms with E-state index in [1.807, 2.05) is 6.07 Å². The van der Waals surface area contributed by atoms with Gasteiger partial charge in [-0.3, -0.25) is 5.43 Å². The van der Waals surface area contributed by atoms with Crippen molar-refractivity contribution in [2.75, 3.05) is 7.11 Å². The highest BCUT2D eigenvalue weighted by Crippen LogP contribution is 2.39. The second-order valence-electron chi connectivity index (χ2n) is 5.25. The van der Waals surface area contributed by atoms with E-state index in [4.69, 9.17) is 10.00 Å². The Morgan fingerprint density at radius 2 is 2.24 bits per heavy atom. The fourth-order valence-corrected chi connectivity index (χ4v) is 2.21. The third kappa shape index (κ3) is 2.91. The lowest BCUT2D eigenvalue weighted by Crippen LogP contribution is -2.55. The maximum atomic E-state index is 11.2. The minimum Gasteiger partial charge on any atom is -0.485 e. The summed E-state index contributed by atoms with van der Waals surface area (Å²) in [6.45, 7) is 3.48. The largest absolute Gasteiger partial charge is 0.485 e. The monoisotopic (exact) mass is 291 g/mol. The van der Waals surface area contributed by atoms with E-state index in [0.717, 1.165) is 0 Å². The van der Waals surface area contributed by atoms with Crippen LogP contribution in [-0.4, -0.2) is 30.0 Å². The molecule has 0 aromatic heterocycles. The highest BCUT2D eigenvalue weighted by atomic mass is 16.5. The summed E-state index contributed by atoms with van der Waals surface area (Å²) in [6.07, 6.45) is -1.61. The number of rotatable bonds is 2. The van der Waals surface area contributed by atoms with E-state index in [0.29, 0.717) is 16.9 Å². The van der Waals surface area contributed by atoms with Crippen molar-refractivity contribution < 1.29 is 19.4 Å². The number of hydrogen-bond donors (Lipinski definition) is 3. The van der Waals surface area contributed by atoms with Crippen molar-refractivity contribution in [3.05, 3.63) is 29.3 Å². The van der Waals surface area contributed by atoms with Crippen molar-refractivity contribution >= 4 is 6.09 Å². The lowest BCUT2D eigenvalue weighted by atomic mass is 9.86. The highest BCUT2D eigenvalue weighted by Gasteiger charge is 2.43. The molecule has 112 valence electrons. The van der Waals surface area contributed by atoms with Gasteiger partial charge >= 0.3 is 6.09 Å². The number of amides is 1. The van der Waals surface area contributed by atoms with E-state index >= 15 is 0 Å². The van der Waals surface area contributed by atoms with Crippen molar-refractivity contribution in [3.63, 3.8) is 0 Å². The zero-order valence-electron chi connectivity index (χ0n) is 12.0. The number of carbonyl (C=O) groups excluding carboxylic acids is 1. The molecule has 0 saturated carbocycles. The number of fused-ring (bicyclic) bond motifs is 1. The quantitative estimate of drug-likeness (QED) is 0.702. The molecule has 1 aliphatic rings. The molecule has 1 aliphatic heterocycles. The van der Waals surface area contributed by atoms with Gasteiger partial charge in [0.2, 0.25) is 0 Å². The van der Waals surface area contributed by atoms with Crippen LogP contribution >= 0.6 is 0 Å². The molecule has 1 heterocycles. The Kier molecular flexibility index (Phi) is 4.02. The topological polar surface area (TPSA) is 104 Å². The number of aliphatic hydroxyl groups is 1. The molecule has 0 spiro atoms. The third-order valence-electron chi connectivity index (χ3n) is 3.39. The number of methoxy groups -OCH3 is 1. The fraction of sp³-hybridized carbons (Fsp3) is 0.429. The van der Waals surface area contributed by atoms with Crippen molar-refractivity contribution in [3.8, 4) is 11.8 Å². The first-order valence-electron chi connectivity index (χ1n) is 6.39. The lowest BCUT2D eigenvalue weighted by Gasteiger charge is -2.42. The van der Waals surface area contributed by atoms with Gasteiger partial charge in [0.1, 0.15) is 17.5 Å². The summed E-state index contributed by atoms with van der Waals surface area (Å²) in [5, 5.41) is 19.4. The molecule has 7 heteroatoms. The van der Waals surface area contributed by atoms with Crippen LogP contribution in [0.25, 0.3) is 0 Å². The van der Waals surface area contributed by atoms with E-state index in [-0.39, 0.29) is 0 Å². The van der Waals surface area contributed by atoms with Crippen LogP contribution in [0.15, 0.2) is 18.2 Å². The summed E-state index contributed by atoms with van der Waals surface area (Å²) < 4.78 is 10.2. The molecule has 2 rings (SSSR count).